The Balaban J connectivity index is 1.98. The van der Waals surface area contributed by atoms with Crippen LogP contribution in [0.25, 0.3) is 11.3 Å². The van der Waals surface area contributed by atoms with Gasteiger partial charge >= 0.3 is 0 Å². The topological polar surface area (TPSA) is 69.3 Å². The minimum Gasteiger partial charge on any atom is -0.461 e. The minimum absolute atomic E-state index is 0.370. The number of furan rings is 1. The lowest BCUT2D eigenvalue weighted by Gasteiger charge is -2.02. The van der Waals surface area contributed by atoms with E-state index in [-0.39, 0.29) is 0 Å². The van der Waals surface area contributed by atoms with Crippen molar-refractivity contribution in [2.45, 2.75) is 13.8 Å². The largest absolute Gasteiger partial charge is 0.461 e. The van der Waals surface area contributed by atoms with Gasteiger partial charge < -0.3 is 10.2 Å². The summed E-state index contributed by atoms with van der Waals surface area (Å²) in [6.07, 6.45) is 3.54. The monoisotopic (exact) mass is 280 g/mol. The summed E-state index contributed by atoms with van der Waals surface area (Å²) in [5, 5.41) is 4.35. The first-order chi connectivity index (χ1) is 10.1. The Labute approximate surface area is 122 Å². The summed E-state index contributed by atoms with van der Waals surface area (Å²) in [4.78, 5) is 4.12. The number of anilines is 1. The molecule has 106 valence electrons. The zero-order valence-electron chi connectivity index (χ0n) is 11.9. The number of aromatic nitrogens is 2. The van der Waals surface area contributed by atoms with Crippen LogP contribution in [0.3, 0.4) is 0 Å². The smallest absolute Gasteiger partial charge is 0.221 e. The van der Waals surface area contributed by atoms with Crippen molar-refractivity contribution >= 4 is 12.2 Å². The molecule has 0 atom stereocenters. The molecule has 2 heterocycles. The van der Waals surface area contributed by atoms with Crippen LogP contribution in [-0.4, -0.2) is 15.9 Å². The van der Waals surface area contributed by atoms with E-state index in [1.54, 1.807) is 17.1 Å². The average molecular weight is 280 g/mol. The van der Waals surface area contributed by atoms with E-state index in [2.05, 4.69) is 10.1 Å². The fourth-order valence-corrected chi connectivity index (χ4v) is 2.13. The molecule has 5 nitrogen and oxygen atoms in total. The zero-order chi connectivity index (χ0) is 14.8. The number of rotatable bonds is 3. The first-order valence-electron chi connectivity index (χ1n) is 6.65. The van der Waals surface area contributed by atoms with Gasteiger partial charge in [-0.2, -0.15) is 5.10 Å². The van der Waals surface area contributed by atoms with Crippen LogP contribution < -0.4 is 5.73 Å². The van der Waals surface area contributed by atoms with Gasteiger partial charge in [-0.15, -0.1) is 0 Å². The number of hydrogen-bond acceptors (Lipinski definition) is 4. The number of nitrogen functional groups attached to an aromatic ring is 1. The minimum atomic E-state index is 0.370. The number of nitrogens with zero attached hydrogens (tertiary/aromatic N) is 3. The maximum absolute atomic E-state index is 5.78. The number of hydrogen-bond donors (Lipinski definition) is 1. The number of nitrogens with two attached hydrogens (primary N) is 1. The lowest BCUT2D eigenvalue weighted by atomic mass is 10.1. The lowest BCUT2D eigenvalue weighted by molar-refractivity contribution is 0.548. The standard InChI is InChI=1S/C16H16N4O/c1-11-10-20(16(17)19-11)18-9-13-5-3-4-6-14(13)15-8-7-12(2)21-15/h3-10H,1-2H3,(H2,17,19). The highest BCUT2D eigenvalue weighted by molar-refractivity contribution is 5.89. The molecule has 0 aliphatic carbocycles. The Morgan fingerprint density at radius 3 is 2.67 bits per heavy atom. The molecular formula is C16H16N4O. The molecule has 0 spiro atoms. The molecule has 0 unspecified atom stereocenters. The molecule has 0 saturated heterocycles. The van der Waals surface area contributed by atoms with Crippen LogP contribution in [0.1, 0.15) is 17.0 Å². The molecule has 0 amide bonds. The highest BCUT2D eigenvalue weighted by Gasteiger charge is 2.07. The summed E-state index contributed by atoms with van der Waals surface area (Å²) in [6, 6.07) is 11.8. The fraction of sp³-hybridized carbons (Fsp3) is 0.125. The molecule has 0 aliphatic rings. The summed E-state index contributed by atoms with van der Waals surface area (Å²) in [6.45, 7) is 3.80. The molecule has 3 rings (SSSR count). The molecule has 0 aliphatic heterocycles. The van der Waals surface area contributed by atoms with Gasteiger partial charge in [0.15, 0.2) is 0 Å². The second-order valence-corrected chi connectivity index (χ2v) is 4.83. The van der Waals surface area contributed by atoms with E-state index in [0.717, 1.165) is 28.3 Å². The number of aryl methyl sites for hydroxylation is 2. The third-order valence-electron chi connectivity index (χ3n) is 3.12. The highest BCUT2D eigenvalue weighted by Crippen LogP contribution is 2.24. The molecule has 0 fully saturated rings. The first kappa shape index (κ1) is 13.2. The maximum atomic E-state index is 5.78. The van der Waals surface area contributed by atoms with Crippen LogP contribution in [0.5, 0.6) is 0 Å². The van der Waals surface area contributed by atoms with E-state index < -0.39 is 0 Å². The zero-order valence-corrected chi connectivity index (χ0v) is 11.9. The average Bonchev–Trinajstić information content (AvgIpc) is 3.02. The van der Waals surface area contributed by atoms with Gasteiger partial charge in [0.1, 0.15) is 11.5 Å². The van der Waals surface area contributed by atoms with Crippen molar-refractivity contribution in [1.82, 2.24) is 9.66 Å². The van der Waals surface area contributed by atoms with Gasteiger partial charge in [0.2, 0.25) is 5.95 Å². The van der Waals surface area contributed by atoms with Gasteiger partial charge in [-0.25, -0.2) is 9.66 Å². The molecule has 0 bridgehead atoms. The summed E-state index contributed by atoms with van der Waals surface area (Å²) in [5.41, 5.74) is 8.56. The molecule has 5 heteroatoms. The van der Waals surface area contributed by atoms with Gasteiger partial charge in [-0.1, -0.05) is 24.3 Å². The molecule has 0 saturated carbocycles. The van der Waals surface area contributed by atoms with Crippen molar-refractivity contribution in [3.63, 3.8) is 0 Å². The van der Waals surface area contributed by atoms with Crippen molar-refractivity contribution in [3.05, 3.63) is 59.6 Å². The summed E-state index contributed by atoms with van der Waals surface area (Å²) < 4.78 is 7.24. The van der Waals surface area contributed by atoms with E-state index in [1.807, 2.05) is 50.2 Å². The van der Waals surface area contributed by atoms with Crippen molar-refractivity contribution in [2.24, 2.45) is 5.10 Å². The number of imidazole rings is 1. The van der Waals surface area contributed by atoms with Gasteiger partial charge in [0.05, 0.1) is 18.1 Å². The Morgan fingerprint density at radius 1 is 1.19 bits per heavy atom. The SMILES string of the molecule is Cc1cn(N=Cc2ccccc2-c2ccc(C)o2)c(N)n1. The van der Waals surface area contributed by atoms with Gasteiger partial charge in [-0.3, -0.25) is 0 Å². The molecule has 21 heavy (non-hydrogen) atoms. The van der Waals surface area contributed by atoms with Crippen molar-refractivity contribution < 1.29 is 4.42 Å². The second-order valence-electron chi connectivity index (χ2n) is 4.83. The van der Waals surface area contributed by atoms with Crippen molar-refractivity contribution in [2.75, 3.05) is 5.73 Å². The molecule has 0 radical (unpaired) electrons. The quantitative estimate of drug-likeness (QED) is 0.749. The highest BCUT2D eigenvalue weighted by atomic mass is 16.3. The molecule has 2 aromatic heterocycles. The van der Waals surface area contributed by atoms with E-state index in [0.29, 0.717) is 5.95 Å². The van der Waals surface area contributed by atoms with E-state index in [1.165, 1.54) is 0 Å². The Morgan fingerprint density at radius 2 is 2.00 bits per heavy atom. The number of benzene rings is 1. The van der Waals surface area contributed by atoms with Crippen LogP contribution in [0.15, 0.2) is 52.1 Å². The van der Waals surface area contributed by atoms with Crippen molar-refractivity contribution in [1.29, 1.82) is 0 Å². The molecule has 3 aromatic rings. The first-order valence-corrected chi connectivity index (χ1v) is 6.65. The third kappa shape index (κ3) is 2.72. The molecule has 1 aromatic carbocycles. The van der Waals surface area contributed by atoms with Crippen molar-refractivity contribution in [3.8, 4) is 11.3 Å². The lowest BCUT2D eigenvalue weighted by Crippen LogP contribution is -1.97. The Bertz CT molecular complexity index is 798. The van der Waals surface area contributed by atoms with Crippen LogP contribution in [0.2, 0.25) is 0 Å². The maximum Gasteiger partial charge on any atom is 0.221 e. The summed E-state index contributed by atoms with van der Waals surface area (Å²) >= 11 is 0. The van der Waals surface area contributed by atoms with E-state index in [4.69, 9.17) is 10.2 Å². The van der Waals surface area contributed by atoms with Crippen LogP contribution in [0, 0.1) is 13.8 Å². The summed E-state index contributed by atoms with van der Waals surface area (Å²) in [5.74, 6) is 2.07. The molecule has 2 N–H and O–H groups in total. The van der Waals surface area contributed by atoms with Gasteiger partial charge in [0, 0.05) is 11.1 Å². The van der Waals surface area contributed by atoms with Crippen LogP contribution in [0.4, 0.5) is 5.95 Å². The van der Waals surface area contributed by atoms with E-state index >= 15 is 0 Å². The Hall–Kier alpha value is -2.82. The predicted octanol–water partition coefficient (Wildman–Crippen LogP) is 3.22. The van der Waals surface area contributed by atoms with Crippen LogP contribution >= 0.6 is 0 Å². The summed E-state index contributed by atoms with van der Waals surface area (Å²) in [7, 11) is 0. The van der Waals surface area contributed by atoms with E-state index in [9.17, 15) is 0 Å². The third-order valence-corrected chi connectivity index (χ3v) is 3.12. The molecular weight excluding hydrogens is 264 g/mol. The van der Waals surface area contributed by atoms with Gasteiger partial charge in [0.25, 0.3) is 0 Å². The predicted molar refractivity (Wildman–Crippen MR) is 83.2 cm³/mol. The van der Waals surface area contributed by atoms with Gasteiger partial charge in [-0.05, 0) is 26.0 Å². The fourth-order valence-electron chi connectivity index (χ4n) is 2.13. The normalized spacial score (nSPS) is 11.3. The van der Waals surface area contributed by atoms with Crippen LogP contribution in [-0.2, 0) is 0 Å². The second kappa shape index (κ2) is 5.28. The Kier molecular flexibility index (Phi) is 3.31.